The van der Waals surface area contributed by atoms with Gasteiger partial charge in [-0.1, -0.05) is 6.92 Å². The van der Waals surface area contributed by atoms with Crippen LogP contribution in [0, 0.1) is 17.5 Å². The zero-order valence-corrected chi connectivity index (χ0v) is 8.17. The van der Waals surface area contributed by atoms with Crippen LogP contribution in [0.4, 0.5) is 13.2 Å². The maximum atomic E-state index is 13.2. The third kappa shape index (κ3) is 2.49. The fraction of sp³-hybridized carbons (Fsp3) is 0.400. The van der Waals surface area contributed by atoms with Crippen LogP contribution in [0.3, 0.4) is 0 Å². The minimum atomic E-state index is -1.27. The average Bonchev–Trinajstić information content (AvgIpc) is 2.21. The highest BCUT2D eigenvalue weighted by Gasteiger charge is 2.20. The molecule has 0 unspecified atom stereocenters. The molecule has 2 nitrogen and oxygen atoms in total. The Kier molecular flexibility index (Phi) is 3.71. The lowest BCUT2D eigenvalue weighted by molar-refractivity contribution is 0.139. The van der Waals surface area contributed by atoms with E-state index in [0.717, 1.165) is 0 Å². The predicted molar refractivity (Wildman–Crippen MR) is 49.5 cm³/mol. The predicted octanol–water partition coefficient (Wildman–Crippen LogP) is 1.87. The second kappa shape index (κ2) is 4.63. The second-order valence-corrected chi connectivity index (χ2v) is 3.29. The molecule has 0 heterocycles. The monoisotopic (exact) mass is 219 g/mol. The Labute approximate surface area is 85.5 Å². The number of rotatable bonds is 3. The summed E-state index contributed by atoms with van der Waals surface area (Å²) in [7, 11) is 0. The lowest BCUT2D eigenvalue weighted by Crippen LogP contribution is -2.26. The van der Waals surface area contributed by atoms with Crippen LogP contribution in [0.5, 0.6) is 0 Å². The molecule has 0 radical (unpaired) electrons. The quantitative estimate of drug-likeness (QED) is 0.762. The fourth-order valence-electron chi connectivity index (χ4n) is 1.25. The van der Waals surface area contributed by atoms with Crippen LogP contribution in [0.2, 0.25) is 0 Å². The Bertz CT molecular complexity index is 357. The molecule has 84 valence electrons. The van der Waals surface area contributed by atoms with E-state index >= 15 is 0 Å². The van der Waals surface area contributed by atoms with E-state index in [-0.39, 0.29) is 5.56 Å². The molecule has 1 rings (SSSR count). The highest BCUT2D eigenvalue weighted by atomic mass is 19.2. The van der Waals surface area contributed by atoms with Crippen LogP contribution in [-0.4, -0.2) is 11.2 Å². The van der Waals surface area contributed by atoms with E-state index in [1.54, 1.807) is 6.92 Å². The van der Waals surface area contributed by atoms with Crippen LogP contribution in [0.15, 0.2) is 12.1 Å². The van der Waals surface area contributed by atoms with Crippen LogP contribution < -0.4 is 5.73 Å². The van der Waals surface area contributed by atoms with Gasteiger partial charge in [0.1, 0.15) is 5.82 Å². The van der Waals surface area contributed by atoms with E-state index in [1.807, 2.05) is 0 Å². The molecule has 0 spiro atoms. The van der Waals surface area contributed by atoms with Gasteiger partial charge in [0, 0.05) is 11.6 Å². The lowest BCUT2D eigenvalue weighted by atomic mass is 10.00. The standard InChI is InChI=1S/C10H12F3NO/c1-2-9(15)10(14)5-3-7(12)8(13)4-6(5)11/h3-4,9-10,15H,2,14H2,1H3/t9-,10+/m1/s1. The molecule has 0 aliphatic carbocycles. The third-order valence-corrected chi connectivity index (χ3v) is 2.23. The molecule has 0 saturated carbocycles. The first kappa shape index (κ1) is 12.0. The largest absolute Gasteiger partial charge is 0.391 e. The molecule has 1 aromatic carbocycles. The van der Waals surface area contributed by atoms with E-state index in [4.69, 9.17) is 5.73 Å². The molecule has 0 aliphatic rings. The van der Waals surface area contributed by atoms with Crippen molar-refractivity contribution >= 4 is 0 Å². The first-order valence-electron chi connectivity index (χ1n) is 4.55. The summed E-state index contributed by atoms with van der Waals surface area (Å²) in [6.07, 6.45) is -0.677. The number of benzene rings is 1. The Morgan fingerprint density at radius 2 is 1.73 bits per heavy atom. The molecule has 5 heteroatoms. The summed E-state index contributed by atoms with van der Waals surface area (Å²) < 4.78 is 38.6. The van der Waals surface area contributed by atoms with Gasteiger partial charge >= 0.3 is 0 Å². The van der Waals surface area contributed by atoms with Crippen molar-refractivity contribution in [3.63, 3.8) is 0 Å². The first-order chi connectivity index (χ1) is 6.97. The minimum absolute atomic E-state index is 0.219. The van der Waals surface area contributed by atoms with Gasteiger partial charge in [0.2, 0.25) is 0 Å². The highest BCUT2D eigenvalue weighted by molar-refractivity contribution is 5.24. The van der Waals surface area contributed by atoms with Gasteiger partial charge in [-0.15, -0.1) is 0 Å². The summed E-state index contributed by atoms with van der Waals surface area (Å²) in [6, 6.07) is 0.0475. The summed E-state index contributed by atoms with van der Waals surface area (Å²) in [5.74, 6) is -3.39. The maximum absolute atomic E-state index is 13.2. The molecule has 2 atom stereocenters. The number of halogens is 3. The van der Waals surface area contributed by atoms with Gasteiger partial charge in [-0.25, -0.2) is 13.2 Å². The summed E-state index contributed by atoms with van der Waals surface area (Å²) in [5.41, 5.74) is 5.27. The number of hydrogen-bond acceptors (Lipinski definition) is 2. The van der Waals surface area contributed by atoms with Gasteiger partial charge in [-0.3, -0.25) is 0 Å². The number of aliphatic hydroxyl groups excluding tert-OH is 1. The summed E-state index contributed by atoms with van der Waals surface area (Å²) >= 11 is 0. The van der Waals surface area contributed by atoms with Crippen LogP contribution in [-0.2, 0) is 0 Å². The Balaban J connectivity index is 3.09. The van der Waals surface area contributed by atoms with Gasteiger partial charge in [0.15, 0.2) is 11.6 Å². The molecule has 3 N–H and O–H groups in total. The third-order valence-electron chi connectivity index (χ3n) is 2.23. The summed E-state index contributed by atoms with van der Waals surface area (Å²) in [4.78, 5) is 0. The van der Waals surface area contributed by atoms with Crippen molar-refractivity contribution in [3.05, 3.63) is 35.1 Å². The van der Waals surface area contributed by atoms with E-state index in [0.29, 0.717) is 18.6 Å². The highest BCUT2D eigenvalue weighted by Crippen LogP contribution is 2.22. The zero-order valence-electron chi connectivity index (χ0n) is 8.17. The van der Waals surface area contributed by atoms with Crippen LogP contribution >= 0.6 is 0 Å². The summed E-state index contributed by atoms with van der Waals surface area (Å²) in [5, 5.41) is 9.36. The van der Waals surface area contributed by atoms with Crippen molar-refractivity contribution in [2.45, 2.75) is 25.5 Å². The Hall–Kier alpha value is -1.07. The molecule has 0 aromatic heterocycles. The van der Waals surface area contributed by atoms with E-state index in [2.05, 4.69) is 0 Å². The SMILES string of the molecule is CC[C@@H](O)[C@@H](N)c1cc(F)c(F)cc1F. The molecule has 0 fully saturated rings. The number of hydrogen-bond donors (Lipinski definition) is 2. The van der Waals surface area contributed by atoms with Crippen molar-refractivity contribution in [1.29, 1.82) is 0 Å². The van der Waals surface area contributed by atoms with Gasteiger partial charge < -0.3 is 10.8 Å². The Morgan fingerprint density at radius 3 is 2.27 bits per heavy atom. The first-order valence-corrected chi connectivity index (χ1v) is 4.55. The van der Waals surface area contributed by atoms with Crippen LogP contribution in [0.1, 0.15) is 24.9 Å². The Morgan fingerprint density at radius 1 is 1.20 bits per heavy atom. The van der Waals surface area contributed by atoms with Gasteiger partial charge in [0.25, 0.3) is 0 Å². The molecule has 1 aromatic rings. The van der Waals surface area contributed by atoms with Crippen LogP contribution in [0.25, 0.3) is 0 Å². The van der Waals surface area contributed by atoms with E-state index in [1.165, 1.54) is 0 Å². The molecular formula is C10H12F3NO. The van der Waals surface area contributed by atoms with Gasteiger partial charge in [0.05, 0.1) is 12.1 Å². The topological polar surface area (TPSA) is 46.2 Å². The van der Waals surface area contributed by atoms with E-state index < -0.39 is 29.6 Å². The van der Waals surface area contributed by atoms with Gasteiger partial charge in [-0.05, 0) is 12.5 Å². The summed E-state index contributed by atoms with van der Waals surface area (Å²) in [6.45, 7) is 1.66. The molecular weight excluding hydrogens is 207 g/mol. The van der Waals surface area contributed by atoms with Crippen molar-refractivity contribution < 1.29 is 18.3 Å². The fourth-order valence-corrected chi connectivity index (χ4v) is 1.25. The van der Waals surface area contributed by atoms with Gasteiger partial charge in [-0.2, -0.15) is 0 Å². The van der Waals surface area contributed by atoms with Crippen molar-refractivity contribution in [3.8, 4) is 0 Å². The second-order valence-electron chi connectivity index (χ2n) is 3.29. The molecule has 0 aliphatic heterocycles. The van der Waals surface area contributed by atoms with Crippen molar-refractivity contribution in [1.82, 2.24) is 0 Å². The van der Waals surface area contributed by atoms with E-state index in [9.17, 15) is 18.3 Å². The number of aliphatic hydroxyl groups is 1. The zero-order chi connectivity index (χ0) is 11.6. The number of nitrogens with two attached hydrogens (primary N) is 1. The molecule has 0 saturated heterocycles. The molecule has 0 amide bonds. The molecule has 15 heavy (non-hydrogen) atoms. The van der Waals surface area contributed by atoms with Crippen molar-refractivity contribution in [2.24, 2.45) is 5.73 Å². The average molecular weight is 219 g/mol. The normalized spacial score (nSPS) is 15.1. The molecule has 0 bridgehead atoms. The smallest absolute Gasteiger partial charge is 0.161 e. The van der Waals surface area contributed by atoms with Crippen molar-refractivity contribution in [2.75, 3.05) is 0 Å². The lowest BCUT2D eigenvalue weighted by Gasteiger charge is -2.18. The maximum Gasteiger partial charge on any atom is 0.161 e. The minimum Gasteiger partial charge on any atom is -0.391 e.